The molecule has 4 rings (SSSR count). The highest BCUT2D eigenvalue weighted by atomic mass is 32.1. The summed E-state index contributed by atoms with van der Waals surface area (Å²) in [5, 5.41) is 14.9. The van der Waals surface area contributed by atoms with E-state index < -0.39 is 5.97 Å². The Morgan fingerprint density at radius 3 is 2.85 bits per heavy atom. The zero-order valence-electron chi connectivity index (χ0n) is 14.2. The molecule has 3 heterocycles. The first-order valence-corrected chi connectivity index (χ1v) is 8.91. The lowest BCUT2D eigenvalue weighted by molar-refractivity contribution is 0.0697. The Labute approximate surface area is 153 Å². The van der Waals surface area contributed by atoms with E-state index in [4.69, 9.17) is 5.11 Å². The molecule has 0 saturated heterocycles. The van der Waals surface area contributed by atoms with Crippen molar-refractivity contribution in [3.63, 3.8) is 0 Å². The molecule has 2 N–H and O–H groups in total. The van der Waals surface area contributed by atoms with Crippen LogP contribution in [-0.2, 0) is 0 Å². The standard InChI is InChI=1S/C19H16N4O2S/c1-11-6-7-23-16(8-11)20-12(2)17(23)15-10-26-19(22-15)21-14-5-3-4-13(9-14)18(24)25/h3-10H,1-2H3,(H,21,22)(H,24,25). The molecule has 0 aliphatic carbocycles. The van der Waals surface area contributed by atoms with E-state index in [0.29, 0.717) is 10.8 Å². The van der Waals surface area contributed by atoms with Gasteiger partial charge in [-0.25, -0.2) is 14.8 Å². The highest BCUT2D eigenvalue weighted by Crippen LogP contribution is 2.30. The number of imidazole rings is 1. The normalized spacial score (nSPS) is 11.0. The van der Waals surface area contributed by atoms with Gasteiger partial charge in [0.25, 0.3) is 0 Å². The second-order valence-corrected chi connectivity index (χ2v) is 6.89. The van der Waals surface area contributed by atoms with Crippen molar-refractivity contribution in [1.29, 1.82) is 0 Å². The molecule has 0 aliphatic heterocycles. The molecule has 0 unspecified atom stereocenters. The first-order valence-electron chi connectivity index (χ1n) is 8.03. The molecule has 1 aromatic carbocycles. The van der Waals surface area contributed by atoms with E-state index >= 15 is 0 Å². The predicted molar refractivity (Wildman–Crippen MR) is 102 cm³/mol. The van der Waals surface area contributed by atoms with Crippen molar-refractivity contribution in [2.24, 2.45) is 0 Å². The molecular weight excluding hydrogens is 348 g/mol. The van der Waals surface area contributed by atoms with Gasteiger partial charge >= 0.3 is 5.97 Å². The fraction of sp³-hybridized carbons (Fsp3) is 0.105. The molecule has 0 atom stereocenters. The summed E-state index contributed by atoms with van der Waals surface area (Å²) >= 11 is 1.47. The fourth-order valence-electron chi connectivity index (χ4n) is 2.87. The summed E-state index contributed by atoms with van der Waals surface area (Å²) in [6.07, 6.45) is 2.00. The molecule has 0 saturated carbocycles. The number of hydrogen-bond acceptors (Lipinski definition) is 5. The van der Waals surface area contributed by atoms with Gasteiger partial charge in [-0.15, -0.1) is 11.3 Å². The molecule has 6 nitrogen and oxygen atoms in total. The van der Waals surface area contributed by atoms with Crippen molar-refractivity contribution in [1.82, 2.24) is 14.4 Å². The first kappa shape index (κ1) is 16.3. The SMILES string of the molecule is Cc1ccn2c(-c3csc(Nc4cccc(C(=O)O)c4)n3)c(C)nc2c1. The van der Waals surface area contributed by atoms with Crippen LogP contribution in [0.2, 0.25) is 0 Å². The van der Waals surface area contributed by atoms with Crippen LogP contribution in [0.1, 0.15) is 21.6 Å². The highest BCUT2D eigenvalue weighted by molar-refractivity contribution is 7.14. The number of anilines is 2. The minimum atomic E-state index is -0.954. The first-order chi connectivity index (χ1) is 12.5. The maximum absolute atomic E-state index is 11.1. The fourth-order valence-corrected chi connectivity index (χ4v) is 3.58. The van der Waals surface area contributed by atoms with Gasteiger partial charge in [-0.3, -0.25) is 4.40 Å². The van der Waals surface area contributed by atoms with Crippen LogP contribution in [0.4, 0.5) is 10.8 Å². The zero-order chi connectivity index (χ0) is 18.3. The summed E-state index contributed by atoms with van der Waals surface area (Å²) in [6, 6.07) is 10.8. The summed E-state index contributed by atoms with van der Waals surface area (Å²) in [5.74, 6) is -0.954. The van der Waals surface area contributed by atoms with E-state index in [1.165, 1.54) is 11.3 Å². The molecule has 0 aliphatic rings. The number of fused-ring (bicyclic) bond motifs is 1. The smallest absolute Gasteiger partial charge is 0.335 e. The molecule has 26 heavy (non-hydrogen) atoms. The van der Waals surface area contributed by atoms with Crippen molar-refractivity contribution in [2.75, 3.05) is 5.32 Å². The average molecular weight is 364 g/mol. The molecule has 4 aromatic rings. The monoisotopic (exact) mass is 364 g/mol. The lowest BCUT2D eigenvalue weighted by Crippen LogP contribution is -1.97. The number of thiazole rings is 1. The Kier molecular flexibility index (Phi) is 3.93. The molecule has 130 valence electrons. The van der Waals surface area contributed by atoms with Crippen LogP contribution in [-0.4, -0.2) is 25.4 Å². The minimum Gasteiger partial charge on any atom is -0.478 e. The zero-order valence-corrected chi connectivity index (χ0v) is 15.0. The third-order valence-corrected chi connectivity index (χ3v) is 4.82. The van der Waals surface area contributed by atoms with E-state index in [1.54, 1.807) is 18.2 Å². The van der Waals surface area contributed by atoms with Gasteiger partial charge in [0, 0.05) is 17.3 Å². The lowest BCUT2D eigenvalue weighted by atomic mass is 10.2. The van der Waals surface area contributed by atoms with Gasteiger partial charge in [-0.2, -0.15) is 0 Å². The van der Waals surface area contributed by atoms with Gasteiger partial charge in [-0.05, 0) is 49.7 Å². The van der Waals surface area contributed by atoms with Crippen LogP contribution in [0.15, 0.2) is 48.0 Å². The van der Waals surface area contributed by atoms with Crippen molar-refractivity contribution in [3.8, 4) is 11.4 Å². The topological polar surface area (TPSA) is 79.5 Å². The summed E-state index contributed by atoms with van der Waals surface area (Å²) in [7, 11) is 0. The number of carboxylic acid groups (broad SMARTS) is 1. The maximum Gasteiger partial charge on any atom is 0.335 e. The van der Waals surface area contributed by atoms with Crippen LogP contribution in [0, 0.1) is 13.8 Å². The quantitative estimate of drug-likeness (QED) is 0.557. The van der Waals surface area contributed by atoms with Gasteiger partial charge < -0.3 is 10.4 Å². The summed E-state index contributed by atoms with van der Waals surface area (Å²) in [4.78, 5) is 20.4. The van der Waals surface area contributed by atoms with E-state index in [1.807, 2.05) is 48.0 Å². The number of benzene rings is 1. The van der Waals surface area contributed by atoms with Gasteiger partial charge in [0.05, 0.1) is 17.0 Å². The third kappa shape index (κ3) is 2.93. The van der Waals surface area contributed by atoms with Gasteiger partial charge in [-0.1, -0.05) is 6.07 Å². The molecule has 3 aromatic heterocycles. The Hall–Kier alpha value is -3.19. The number of aromatic nitrogens is 3. The van der Waals surface area contributed by atoms with Crippen LogP contribution >= 0.6 is 11.3 Å². The summed E-state index contributed by atoms with van der Waals surface area (Å²) < 4.78 is 2.03. The third-order valence-electron chi connectivity index (χ3n) is 4.06. The second kappa shape index (κ2) is 6.27. The Morgan fingerprint density at radius 2 is 2.04 bits per heavy atom. The number of carbonyl (C=O) groups is 1. The minimum absolute atomic E-state index is 0.236. The molecule has 0 bridgehead atoms. The second-order valence-electron chi connectivity index (χ2n) is 6.03. The number of nitrogens with one attached hydrogen (secondary N) is 1. The Bertz CT molecular complexity index is 1130. The van der Waals surface area contributed by atoms with E-state index in [-0.39, 0.29) is 5.56 Å². The lowest BCUT2D eigenvalue weighted by Gasteiger charge is -2.03. The number of pyridine rings is 1. The number of carboxylic acids is 1. The van der Waals surface area contributed by atoms with Crippen molar-refractivity contribution in [2.45, 2.75) is 13.8 Å². The van der Waals surface area contributed by atoms with Crippen molar-refractivity contribution in [3.05, 3.63) is 64.8 Å². The number of aryl methyl sites for hydroxylation is 2. The van der Waals surface area contributed by atoms with Crippen molar-refractivity contribution >= 4 is 33.8 Å². The number of hydrogen-bond donors (Lipinski definition) is 2. The van der Waals surface area contributed by atoms with E-state index in [9.17, 15) is 4.79 Å². The Morgan fingerprint density at radius 1 is 1.19 bits per heavy atom. The molecule has 0 fully saturated rings. The van der Waals surface area contributed by atoms with Crippen LogP contribution in [0.25, 0.3) is 17.0 Å². The molecule has 0 amide bonds. The number of nitrogens with zero attached hydrogens (tertiary/aromatic N) is 3. The highest BCUT2D eigenvalue weighted by Gasteiger charge is 2.14. The average Bonchev–Trinajstić information content (AvgIpc) is 3.17. The van der Waals surface area contributed by atoms with E-state index in [2.05, 4.69) is 15.3 Å². The van der Waals surface area contributed by atoms with Gasteiger partial charge in [0.15, 0.2) is 5.13 Å². The molecule has 7 heteroatoms. The van der Waals surface area contributed by atoms with Crippen molar-refractivity contribution < 1.29 is 9.90 Å². The summed E-state index contributed by atoms with van der Waals surface area (Å²) in [5.41, 5.74) is 5.70. The maximum atomic E-state index is 11.1. The van der Waals surface area contributed by atoms with Crippen LogP contribution in [0.5, 0.6) is 0 Å². The molecule has 0 radical (unpaired) electrons. The molecular formula is C19H16N4O2S. The molecule has 0 spiro atoms. The Balaban J connectivity index is 1.68. The number of rotatable bonds is 4. The van der Waals surface area contributed by atoms with Crippen LogP contribution in [0.3, 0.4) is 0 Å². The van der Waals surface area contributed by atoms with E-state index in [0.717, 1.165) is 28.3 Å². The van der Waals surface area contributed by atoms with Crippen LogP contribution < -0.4 is 5.32 Å². The summed E-state index contributed by atoms with van der Waals surface area (Å²) in [6.45, 7) is 4.01. The largest absolute Gasteiger partial charge is 0.478 e. The van der Waals surface area contributed by atoms with Gasteiger partial charge in [0.1, 0.15) is 11.3 Å². The predicted octanol–water partition coefficient (Wildman–Crippen LogP) is 4.52. The van der Waals surface area contributed by atoms with Gasteiger partial charge in [0.2, 0.25) is 0 Å². The number of aromatic carboxylic acids is 1.